The summed E-state index contributed by atoms with van der Waals surface area (Å²) in [4.78, 5) is 12.6. The number of alkyl halides is 3. The van der Waals surface area contributed by atoms with Crippen molar-refractivity contribution in [1.29, 1.82) is 0 Å². The molecule has 2 aromatic heterocycles. The summed E-state index contributed by atoms with van der Waals surface area (Å²) in [6.45, 7) is 0. The number of aryl methyl sites for hydroxylation is 1. The lowest BCUT2D eigenvalue weighted by Crippen LogP contribution is -2.36. The fraction of sp³-hybridized carbons (Fsp3) is 0.300. The van der Waals surface area contributed by atoms with Crippen LogP contribution in [-0.4, -0.2) is 45.0 Å². The summed E-state index contributed by atoms with van der Waals surface area (Å²) in [5, 5.41) is 14.7. The number of halogens is 3. The molecule has 9 nitrogen and oxygen atoms in total. The predicted octanol–water partition coefficient (Wildman–Crippen LogP) is 3.05. The van der Waals surface area contributed by atoms with Crippen molar-refractivity contribution < 1.29 is 22.7 Å². The Morgan fingerprint density at radius 3 is 2.66 bits per heavy atom. The highest BCUT2D eigenvalue weighted by Crippen LogP contribution is 2.44. The number of hydrogen-bond acceptors (Lipinski definition) is 6. The van der Waals surface area contributed by atoms with Gasteiger partial charge in [0.2, 0.25) is 0 Å². The molecule has 3 heterocycles. The lowest BCUT2D eigenvalue weighted by atomic mass is 9.96. The average Bonchev–Trinajstić information content (AvgIpc) is 3.38. The largest absolute Gasteiger partial charge is 0.497 e. The molecule has 2 atom stereocenters. The highest BCUT2D eigenvalue weighted by Gasteiger charge is 2.47. The minimum atomic E-state index is -4.54. The van der Waals surface area contributed by atoms with Crippen LogP contribution in [0.4, 0.5) is 19.0 Å². The van der Waals surface area contributed by atoms with E-state index < -0.39 is 24.2 Å². The van der Waals surface area contributed by atoms with Crippen molar-refractivity contribution in [3.8, 4) is 5.75 Å². The summed E-state index contributed by atoms with van der Waals surface area (Å²) in [6, 6.07) is 4.16. The number of methoxy groups -OCH3 is 1. The Labute approximate surface area is 180 Å². The number of ether oxygens (including phenoxy) is 1. The Bertz CT molecular complexity index is 1140. The molecule has 0 radical (unpaired) electrons. The fourth-order valence-electron chi connectivity index (χ4n) is 3.52. The van der Waals surface area contributed by atoms with Crippen LogP contribution in [0.3, 0.4) is 0 Å². The number of rotatable bonds is 5. The van der Waals surface area contributed by atoms with Gasteiger partial charge in [-0.3, -0.25) is 9.48 Å². The van der Waals surface area contributed by atoms with Crippen molar-refractivity contribution in [1.82, 2.24) is 25.0 Å². The molecule has 0 spiro atoms. The molecular weight excluding hydrogens is 427 g/mol. The second kappa shape index (κ2) is 8.36. The van der Waals surface area contributed by atoms with Crippen LogP contribution in [-0.2, 0) is 7.05 Å². The maximum absolute atomic E-state index is 13.8. The number of hydrazone groups is 1. The molecule has 1 aromatic carbocycles. The first-order valence-corrected chi connectivity index (χ1v) is 9.63. The molecule has 0 saturated heterocycles. The molecule has 2 N–H and O–H groups in total. The van der Waals surface area contributed by atoms with E-state index in [-0.39, 0.29) is 17.8 Å². The van der Waals surface area contributed by atoms with Gasteiger partial charge in [0.25, 0.3) is 5.91 Å². The molecule has 1 aliphatic heterocycles. The Kier molecular flexibility index (Phi) is 5.59. The van der Waals surface area contributed by atoms with Crippen LogP contribution < -0.4 is 15.5 Å². The van der Waals surface area contributed by atoms with Crippen molar-refractivity contribution in [2.45, 2.75) is 24.7 Å². The van der Waals surface area contributed by atoms with E-state index in [9.17, 15) is 18.0 Å². The van der Waals surface area contributed by atoms with E-state index in [1.807, 2.05) is 0 Å². The molecule has 0 unspecified atom stereocenters. The molecule has 0 bridgehead atoms. The van der Waals surface area contributed by atoms with Crippen LogP contribution in [0.1, 0.15) is 40.0 Å². The first-order chi connectivity index (χ1) is 15.3. The first-order valence-electron chi connectivity index (χ1n) is 9.63. The second-order valence-corrected chi connectivity index (χ2v) is 7.26. The van der Waals surface area contributed by atoms with E-state index >= 15 is 0 Å². The maximum Gasteiger partial charge on any atom is 0.410 e. The number of hydrogen-bond donors (Lipinski definition) is 2. The van der Waals surface area contributed by atoms with Crippen LogP contribution in [0.2, 0.25) is 0 Å². The van der Waals surface area contributed by atoms with Crippen LogP contribution >= 0.6 is 0 Å². The zero-order chi connectivity index (χ0) is 22.9. The number of benzene rings is 1. The number of amides is 1. The molecule has 32 heavy (non-hydrogen) atoms. The summed E-state index contributed by atoms with van der Waals surface area (Å²) in [5.41, 5.74) is 3.56. The van der Waals surface area contributed by atoms with Crippen molar-refractivity contribution >= 4 is 17.9 Å². The van der Waals surface area contributed by atoms with Crippen LogP contribution in [0.5, 0.6) is 5.75 Å². The predicted molar refractivity (Wildman–Crippen MR) is 110 cm³/mol. The quantitative estimate of drug-likeness (QED) is 0.463. The van der Waals surface area contributed by atoms with Crippen LogP contribution in [0.25, 0.3) is 0 Å². The molecular formula is C20H20F3N7O2. The number of nitrogens with one attached hydrogen (secondary N) is 2. The number of carbonyl (C=O) groups excluding carboxylic acids is 1. The minimum absolute atomic E-state index is 0.0199. The Morgan fingerprint density at radius 1 is 1.28 bits per heavy atom. The number of aromatic nitrogens is 4. The Hall–Kier alpha value is -3.83. The summed E-state index contributed by atoms with van der Waals surface area (Å²) in [5.74, 6) is -0.114. The van der Waals surface area contributed by atoms with E-state index in [1.165, 1.54) is 13.3 Å². The van der Waals surface area contributed by atoms with Gasteiger partial charge in [0.15, 0.2) is 6.04 Å². The van der Waals surface area contributed by atoms with Gasteiger partial charge in [0, 0.05) is 25.2 Å². The molecule has 0 aliphatic carbocycles. The van der Waals surface area contributed by atoms with Gasteiger partial charge in [0.05, 0.1) is 31.8 Å². The minimum Gasteiger partial charge on any atom is -0.497 e. The topological polar surface area (TPSA) is 98.4 Å². The lowest BCUT2D eigenvalue weighted by molar-refractivity contribution is -0.173. The third kappa shape index (κ3) is 4.29. The normalized spacial score (nSPS) is 18.3. The van der Waals surface area contributed by atoms with E-state index in [1.54, 1.807) is 48.4 Å². The van der Waals surface area contributed by atoms with Crippen molar-refractivity contribution in [2.24, 2.45) is 12.1 Å². The van der Waals surface area contributed by atoms with Gasteiger partial charge >= 0.3 is 6.18 Å². The van der Waals surface area contributed by atoms with E-state index in [4.69, 9.17) is 4.74 Å². The van der Waals surface area contributed by atoms with Gasteiger partial charge in [-0.15, -0.1) is 0 Å². The number of carbonyl (C=O) groups is 1. The summed E-state index contributed by atoms with van der Waals surface area (Å²) in [6.07, 6.45) is 0.905. The molecule has 4 rings (SSSR count). The lowest BCUT2D eigenvalue weighted by Gasteiger charge is -2.34. The zero-order valence-electron chi connectivity index (χ0n) is 17.2. The molecule has 1 aliphatic rings. The van der Waals surface area contributed by atoms with Crippen LogP contribution in [0, 0.1) is 0 Å². The van der Waals surface area contributed by atoms with Crippen molar-refractivity contribution in [3.63, 3.8) is 0 Å². The maximum atomic E-state index is 13.8. The molecule has 0 fully saturated rings. The monoisotopic (exact) mass is 447 g/mol. The van der Waals surface area contributed by atoms with Crippen LogP contribution in [0.15, 0.2) is 48.0 Å². The summed E-state index contributed by atoms with van der Waals surface area (Å²) >= 11 is 0. The number of anilines is 1. The Morgan fingerprint density at radius 2 is 2.03 bits per heavy atom. The Balaban J connectivity index is 1.60. The van der Waals surface area contributed by atoms with Gasteiger partial charge in [-0.1, -0.05) is 12.1 Å². The average molecular weight is 447 g/mol. The first kappa shape index (κ1) is 21.4. The van der Waals surface area contributed by atoms with E-state index in [0.29, 0.717) is 16.9 Å². The SMILES string of the molecule is COc1ccc([C@H]2C[C@H](C(F)(F)F)n3ncc(C(=O)N/N=C\c4cnn(C)c4)c3N2)cc1. The van der Waals surface area contributed by atoms with E-state index in [2.05, 4.69) is 26.0 Å². The number of fused-ring (bicyclic) bond motifs is 1. The number of nitrogens with zero attached hydrogens (tertiary/aromatic N) is 5. The third-order valence-electron chi connectivity index (χ3n) is 5.11. The zero-order valence-corrected chi connectivity index (χ0v) is 17.2. The standard InChI is InChI=1S/C20H20F3N7O2/c1-29-11-12(9-25-29)8-24-28-19(31)15-10-26-30-17(20(21,22)23)7-16(27-18(15)30)13-3-5-14(32-2)6-4-13/h3-6,8-11,16-17,27H,7H2,1-2H3,(H,28,31)/b24-8-/t16-,17-/m1/s1. The fourth-order valence-corrected chi connectivity index (χ4v) is 3.52. The van der Waals surface area contributed by atoms with Gasteiger partial charge in [-0.05, 0) is 17.7 Å². The van der Waals surface area contributed by atoms with Crippen molar-refractivity contribution in [2.75, 3.05) is 12.4 Å². The molecule has 168 valence electrons. The van der Waals surface area contributed by atoms with Gasteiger partial charge in [-0.2, -0.15) is 28.5 Å². The second-order valence-electron chi connectivity index (χ2n) is 7.26. The van der Waals surface area contributed by atoms with Gasteiger partial charge in [-0.25, -0.2) is 10.1 Å². The smallest absolute Gasteiger partial charge is 0.410 e. The van der Waals surface area contributed by atoms with Gasteiger partial charge < -0.3 is 10.1 Å². The summed E-state index contributed by atoms with van der Waals surface area (Å²) in [7, 11) is 3.24. The molecule has 1 amide bonds. The van der Waals surface area contributed by atoms with Crippen molar-refractivity contribution in [3.05, 3.63) is 59.5 Å². The third-order valence-corrected chi connectivity index (χ3v) is 5.11. The van der Waals surface area contributed by atoms with Gasteiger partial charge in [0.1, 0.15) is 17.1 Å². The highest BCUT2D eigenvalue weighted by atomic mass is 19.4. The highest BCUT2D eigenvalue weighted by molar-refractivity contribution is 5.99. The summed E-state index contributed by atoms with van der Waals surface area (Å²) < 4.78 is 48.9. The molecule has 12 heteroatoms. The molecule has 0 saturated carbocycles. The van der Waals surface area contributed by atoms with E-state index in [0.717, 1.165) is 10.9 Å². The molecule has 3 aromatic rings.